The fourth-order valence-electron chi connectivity index (χ4n) is 3.23. The molecule has 1 aliphatic heterocycles. The van der Waals surface area contributed by atoms with Crippen LogP contribution in [0.5, 0.6) is 11.5 Å². The summed E-state index contributed by atoms with van der Waals surface area (Å²) in [6, 6.07) is 11.2. The zero-order chi connectivity index (χ0) is 20.1. The van der Waals surface area contributed by atoms with Gasteiger partial charge >= 0.3 is 0 Å². The molecule has 0 unspecified atom stereocenters. The number of sulfonamides is 1. The first kappa shape index (κ1) is 20.2. The highest BCUT2D eigenvalue weighted by molar-refractivity contribution is 7.89. The normalized spacial score (nSPS) is 15.1. The maximum absolute atomic E-state index is 12.7. The molecular weight excluding hydrogens is 380 g/mol. The van der Waals surface area contributed by atoms with E-state index in [1.165, 1.54) is 30.7 Å². The Hall–Kier alpha value is -2.58. The molecule has 0 spiro atoms. The van der Waals surface area contributed by atoms with Crippen molar-refractivity contribution in [1.29, 1.82) is 0 Å². The van der Waals surface area contributed by atoms with Crippen LogP contribution in [0, 0.1) is 0 Å². The lowest BCUT2D eigenvalue weighted by molar-refractivity contribution is 0.102. The van der Waals surface area contributed by atoms with Gasteiger partial charge in [-0.1, -0.05) is 12.5 Å². The van der Waals surface area contributed by atoms with E-state index in [1.54, 1.807) is 30.3 Å². The number of ether oxygens (including phenoxy) is 2. The van der Waals surface area contributed by atoms with Crippen LogP contribution in [0.4, 0.5) is 5.69 Å². The molecule has 2 aromatic rings. The number of rotatable bonds is 6. The summed E-state index contributed by atoms with van der Waals surface area (Å²) in [5.41, 5.74) is 0.819. The van der Waals surface area contributed by atoms with Crippen LogP contribution in [0.15, 0.2) is 47.4 Å². The van der Waals surface area contributed by atoms with Gasteiger partial charge in [0.15, 0.2) is 11.5 Å². The molecule has 28 heavy (non-hydrogen) atoms. The summed E-state index contributed by atoms with van der Waals surface area (Å²) < 4.78 is 37.4. The van der Waals surface area contributed by atoms with Crippen LogP contribution in [-0.4, -0.2) is 45.9 Å². The number of carbonyl (C=O) groups excluding carboxylic acids is 1. The number of piperidine rings is 1. The van der Waals surface area contributed by atoms with Gasteiger partial charge in [-0.15, -0.1) is 0 Å². The molecule has 0 radical (unpaired) electrons. The monoisotopic (exact) mass is 404 g/mol. The Balaban J connectivity index is 1.77. The maximum Gasteiger partial charge on any atom is 0.259 e. The summed E-state index contributed by atoms with van der Waals surface area (Å²) in [6.45, 7) is 1.10. The maximum atomic E-state index is 12.7. The summed E-state index contributed by atoms with van der Waals surface area (Å²) in [5, 5.41) is 2.76. The van der Waals surface area contributed by atoms with E-state index in [2.05, 4.69) is 5.32 Å². The summed E-state index contributed by atoms with van der Waals surface area (Å²) in [5.74, 6) is 0.423. The number of benzene rings is 2. The molecule has 0 aliphatic carbocycles. The molecule has 0 aromatic heterocycles. The fraction of sp³-hybridized carbons (Fsp3) is 0.350. The Kier molecular flexibility index (Phi) is 6.21. The second-order valence-corrected chi connectivity index (χ2v) is 8.42. The summed E-state index contributed by atoms with van der Waals surface area (Å²) >= 11 is 0. The number of hydrogen-bond acceptors (Lipinski definition) is 5. The molecule has 8 heteroatoms. The van der Waals surface area contributed by atoms with Crippen LogP contribution >= 0.6 is 0 Å². The average molecular weight is 404 g/mol. The van der Waals surface area contributed by atoms with Crippen LogP contribution in [0.25, 0.3) is 0 Å². The molecule has 1 amide bonds. The highest BCUT2D eigenvalue weighted by Gasteiger charge is 2.25. The van der Waals surface area contributed by atoms with Crippen molar-refractivity contribution in [2.75, 3.05) is 32.6 Å². The number of anilines is 1. The molecule has 1 fully saturated rings. The van der Waals surface area contributed by atoms with E-state index in [9.17, 15) is 13.2 Å². The highest BCUT2D eigenvalue weighted by Crippen LogP contribution is 2.31. The molecular formula is C20H24N2O5S. The van der Waals surface area contributed by atoms with E-state index in [0.29, 0.717) is 35.8 Å². The van der Waals surface area contributed by atoms with Crippen LogP contribution < -0.4 is 14.8 Å². The number of para-hydroxylation sites is 1. The standard InChI is InChI=1S/C20H24N2O5S/c1-26-18-8-6-7-17(19(18)27-2)20(23)21-15-9-11-16(12-10-15)28(24,25)22-13-4-3-5-14-22/h6-12H,3-5,13-14H2,1-2H3,(H,21,23). The first-order chi connectivity index (χ1) is 13.5. The first-order valence-corrected chi connectivity index (χ1v) is 10.5. The van der Waals surface area contributed by atoms with Gasteiger partial charge < -0.3 is 14.8 Å². The van der Waals surface area contributed by atoms with Crippen molar-refractivity contribution in [2.24, 2.45) is 0 Å². The second-order valence-electron chi connectivity index (χ2n) is 6.48. The minimum Gasteiger partial charge on any atom is -0.493 e. The Morgan fingerprint density at radius 2 is 1.64 bits per heavy atom. The molecule has 0 atom stereocenters. The third-order valence-corrected chi connectivity index (χ3v) is 6.63. The minimum absolute atomic E-state index is 0.228. The van der Waals surface area contributed by atoms with Gasteiger partial charge in [-0.3, -0.25) is 4.79 Å². The van der Waals surface area contributed by atoms with Gasteiger partial charge in [-0.25, -0.2) is 8.42 Å². The zero-order valence-electron chi connectivity index (χ0n) is 16.0. The molecule has 2 aromatic carbocycles. The minimum atomic E-state index is -3.50. The number of amides is 1. The Morgan fingerprint density at radius 1 is 0.964 bits per heavy atom. The smallest absolute Gasteiger partial charge is 0.259 e. The third kappa shape index (κ3) is 4.13. The number of nitrogens with zero attached hydrogens (tertiary/aromatic N) is 1. The lowest BCUT2D eigenvalue weighted by Crippen LogP contribution is -2.35. The van der Waals surface area contributed by atoms with Gasteiger partial charge in [-0.05, 0) is 49.2 Å². The molecule has 1 heterocycles. The van der Waals surface area contributed by atoms with Gasteiger partial charge in [0.05, 0.1) is 24.7 Å². The molecule has 3 rings (SSSR count). The first-order valence-electron chi connectivity index (χ1n) is 9.10. The highest BCUT2D eigenvalue weighted by atomic mass is 32.2. The Morgan fingerprint density at radius 3 is 2.25 bits per heavy atom. The van der Waals surface area contributed by atoms with Crippen molar-refractivity contribution in [2.45, 2.75) is 24.2 Å². The lowest BCUT2D eigenvalue weighted by Gasteiger charge is -2.25. The van der Waals surface area contributed by atoms with Crippen molar-refractivity contribution in [3.8, 4) is 11.5 Å². The lowest BCUT2D eigenvalue weighted by atomic mass is 10.1. The van der Waals surface area contributed by atoms with Gasteiger partial charge in [0.25, 0.3) is 5.91 Å². The molecule has 1 aliphatic rings. The van der Waals surface area contributed by atoms with E-state index < -0.39 is 10.0 Å². The molecule has 0 saturated carbocycles. The van der Waals surface area contributed by atoms with Crippen molar-refractivity contribution in [1.82, 2.24) is 4.31 Å². The summed E-state index contributed by atoms with van der Waals surface area (Å²) in [7, 11) is -0.527. The third-order valence-electron chi connectivity index (χ3n) is 4.71. The fourth-order valence-corrected chi connectivity index (χ4v) is 4.75. The number of methoxy groups -OCH3 is 2. The predicted molar refractivity (Wildman–Crippen MR) is 107 cm³/mol. The topological polar surface area (TPSA) is 84.9 Å². The molecule has 0 bridgehead atoms. The predicted octanol–water partition coefficient (Wildman–Crippen LogP) is 3.13. The van der Waals surface area contributed by atoms with Crippen LogP contribution in [0.2, 0.25) is 0 Å². The summed E-state index contributed by atoms with van der Waals surface area (Å²) in [6.07, 6.45) is 2.83. The van der Waals surface area contributed by atoms with Gasteiger partial charge in [0.1, 0.15) is 0 Å². The number of nitrogens with one attached hydrogen (secondary N) is 1. The summed E-state index contributed by atoms with van der Waals surface area (Å²) in [4.78, 5) is 12.8. The van der Waals surface area contributed by atoms with Gasteiger partial charge in [0.2, 0.25) is 10.0 Å². The van der Waals surface area contributed by atoms with E-state index >= 15 is 0 Å². The average Bonchev–Trinajstić information content (AvgIpc) is 2.74. The van der Waals surface area contributed by atoms with Crippen LogP contribution in [0.3, 0.4) is 0 Å². The Bertz CT molecular complexity index is 936. The second kappa shape index (κ2) is 8.62. The van der Waals surface area contributed by atoms with Gasteiger partial charge in [-0.2, -0.15) is 4.31 Å². The molecule has 1 saturated heterocycles. The van der Waals surface area contributed by atoms with E-state index in [1.807, 2.05) is 0 Å². The SMILES string of the molecule is COc1cccc(C(=O)Nc2ccc(S(=O)(=O)N3CCCCC3)cc2)c1OC. The zero-order valence-corrected chi connectivity index (χ0v) is 16.8. The van der Waals surface area contributed by atoms with E-state index in [0.717, 1.165) is 19.3 Å². The van der Waals surface area contributed by atoms with Crippen LogP contribution in [0.1, 0.15) is 29.6 Å². The van der Waals surface area contributed by atoms with Crippen molar-refractivity contribution < 1.29 is 22.7 Å². The van der Waals surface area contributed by atoms with Crippen molar-refractivity contribution in [3.63, 3.8) is 0 Å². The molecule has 1 N–H and O–H groups in total. The Labute approximate surface area is 165 Å². The van der Waals surface area contributed by atoms with Gasteiger partial charge in [0, 0.05) is 18.8 Å². The largest absolute Gasteiger partial charge is 0.493 e. The quantitative estimate of drug-likeness (QED) is 0.800. The molecule has 7 nitrogen and oxygen atoms in total. The number of hydrogen-bond donors (Lipinski definition) is 1. The molecule has 150 valence electrons. The van der Waals surface area contributed by atoms with Crippen LogP contribution in [-0.2, 0) is 10.0 Å². The van der Waals surface area contributed by atoms with E-state index in [-0.39, 0.29) is 10.8 Å². The van der Waals surface area contributed by atoms with Crippen molar-refractivity contribution >= 4 is 21.6 Å². The van der Waals surface area contributed by atoms with E-state index in [4.69, 9.17) is 9.47 Å². The number of carbonyl (C=O) groups is 1. The van der Waals surface area contributed by atoms with Crippen molar-refractivity contribution in [3.05, 3.63) is 48.0 Å².